The highest BCUT2D eigenvalue weighted by Crippen LogP contribution is 2.31. The molecule has 0 bridgehead atoms. The van der Waals surface area contributed by atoms with E-state index in [0.717, 1.165) is 29.6 Å². The molecule has 0 aliphatic heterocycles. The van der Waals surface area contributed by atoms with Crippen LogP contribution in [0, 0.1) is 11.8 Å². The number of carboxylic acids is 1. The van der Waals surface area contributed by atoms with Crippen LogP contribution in [-0.4, -0.2) is 17.2 Å². The van der Waals surface area contributed by atoms with Crippen LogP contribution >= 0.6 is 11.3 Å². The molecule has 0 saturated heterocycles. The molecular weight excluding hydrogens is 248 g/mol. The van der Waals surface area contributed by atoms with Crippen molar-refractivity contribution in [3.8, 4) is 0 Å². The fourth-order valence-electron chi connectivity index (χ4n) is 2.42. The maximum Gasteiger partial charge on any atom is 0.345 e. The Bertz CT molecular complexity index is 413. The van der Waals surface area contributed by atoms with Gasteiger partial charge in [-0.1, -0.05) is 13.8 Å². The van der Waals surface area contributed by atoms with Crippen molar-refractivity contribution in [2.75, 3.05) is 0 Å². The highest BCUT2D eigenvalue weighted by molar-refractivity contribution is 7.13. The molecule has 18 heavy (non-hydrogen) atoms. The molecule has 1 fully saturated rings. The normalized spacial score (nSPS) is 28.2. The molecule has 1 aliphatic carbocycles. The highest BCUT2D eigenvalue weighted by Gasteiger charge is 2.25. The number of hydrogen-bond donors (Lipinski definition) is 1. The summed E-state index contributed by atoms with van der Waals surface area (Å²) >= 11 is 1.31. The summed E-state index contributed by atoms with van der Waals surface area (Å²) in [5.74, 6) is 0.665. The van der Waals surface area contributed by atoms with Crippen LogP contribution in [-0.2, 0) is 11.3 Å². The van der Waals surface area contributed by atoms with Crippen LogP contribution in [0.25, 0.3) is 0 Å². The van der Waals surface area contributed by atoms with Crippen LogP contribution in [0.5, 0.6) is 0 Å². The fourth-order valence-corrected chi connectivity index (χ4v) is 3.19. The van der Waals surface area contributed by atoms with Crippen molar-refractivity contribution in [2.24, 2.45) is 11.8 Å². The highest BCUT2D eigenvalue weighted by atomic mass is 32.1. The zero-order valence-electron chi connectivity index (χ0n) is 10.9. The summed E-state index contributed by atoms with van der Waals surface area (Å²) in [6.07, 6.45) is 3.82. The van der Waals surface area contributed by atoms with Gasteiger partial charge in [-0.25, -0.2) is 4.79 Å². The first-order chi connectivity index (χ1) is 8.56. The molecule has 3 nitrogen and oxygen atoms in total. The lowest BCUT2D eigenvalue weighted by Crippen LogP contribution is -2.26. The van der Waals surface area contributed by atoms with Crippen LogP contribution in [0.3, 0.4) is 0 Å². The van der Waals surface area contributed by atoms with E-state index in [9.17, 15) is 4.79 Å². The van der Waals surface area contributed by atoms with Crippen molar-refractivity contribution in [3.05, 3.63) is 21.9 Å². The van der Waals surface area contributed by atoms with Gasteiger partial charge >= 0.3 is 5.97 Å². The van der Waals surface area contributed by atoms with E-state index in [1.54, 1.807) is 6.07 Å². The summed E-state index contributed by atoms with van der Waals surface area (Å²) in [7, 11) is 0. The van der Waals surface area contributed by atoms with Gasteiger partial charge in [0.05, 0.1) is 12.7 Å². The second-order valence-electron chi connectivity index (χ2n) is 5.27. The summed E-state index contributed by atoms with van der Waals surface area (Å²) in [6, 6.07) is 3.50. The van der Waals surface area contributed by atoms with E-state index in [0.29, 0.717) is 17.6 Å². The quantitative estimate of drug-likeness (QED) is 0.903. The topological polar surface area (TPSA) is 46.5 Å². The maximum atomic E-state index is 10.8. The number of carbonyl (C=O) groups is 1. The Morgan fingerprint density at radius 2 is 2.17 bits per heavy atom. The van der Waals surface area contributed by atoms with Gasteiger partial charge in [-0.3, -0.25) is 0 Å². The summed E-state index contributed by atoms with van der Waals surface area (Å²) in [5.41, 5.74) is 0. The lowest BCUT2D eigenvalue weighted by Gasteiger charge is -2.31. The third-order valence-corrected chi connectivity index (χ3v) is 4.93. The molecule has 1 saturated carbocycles. The second kappa shape index (κ2) is 5.85. The molecule has 3 atom stereocenters. The molecule has 1 aromatic rings. The predicted molar refractivity (Wildman–Crippen MR) is 72.0 cm³/mol. The third kappa shape index (κ3) is 3.33. The van der Waals surface area contributed by atoms with E-state index in [4.69, 9.17) is 9.84 Å². The number of hydrogen-bond acceptors (Lipinski definition) is 3. The maximum absolute atomic E-state index is 10.8. The van der Waals surface area contributed by atoms with Gasteiger partial charge < -0.3 is 9.84 Å². The zero-order chi connectivity index (χ0) is 13.1. The summed E-state index contributed by atoms with van der Waals surface area (Å²) in [6.45, 7) is 5.14. The van der Waals surface area contributed by atoms with Gasteiger partial charge in [0.1, 0.15) is 4.88 Å². The molecule has 100 valence electrons. The van der Waals surface area contributed by atoms with Gasteiger partial charge in [0, 0.05) is 4.88 Å². The average molecular weight is 268 g/mol. The minimum absolute atomic E-state index is 0.339. The molecule has 0 spiro atoms. The number of carboxylic acid groups (broad SMARTS) is 1. The lowest BCUT2D eigenvalue weighted by molar-refractivity contribution is -0.00633. The molecule has 0 radical (unpaired) electrons. The van der Waals surface area contributed by atoms with Crippen molar-refractivity contribution in [1.82, 2.24) is 0 Å². The van der Waals surface area contributed by atoms with Gasteiger partial charge in [-0.15, -0.1) is 11.3 Å². The minimum atomic E-state index is -0.855. The Hall–Kier alpha value is -0.870. The molecule has 1 heterocycles. The average Bonchev–Trinajstić information content (AvgIpc) is 2.79. The standard InChI is InChI=1S/C14H20O3S/c1-9-3-4-11(7-10(9)2)17-8-12-5-6-13(18-12)14(15)16/h5-6,9-11H,3-4,7-8H2,1-2H3,(H,15,16). The number of ether oxygens (including phenoxy) is 1. The zero-order valence-corrected chi connectivity index (χ0v) is 11.7. The number of aromatic carboxylic acids is 1. The van der Waals surface area contributed by atoms with Gasteiger partial charge in [-0.05, 0) is 43.2 Å². The summed E-state index contributed by atoms with van der Waals surface area (Å²) in [4.78, 5) is 12.2. The second-order valence-corrected chi connectivity index (χ2v) is 6.44. The van der Waals surface area contributed by atoms with E-state index in [1.807, 2.05) is 6.07 Å². The van der Waals surface area contributed by atoms with Crippen LogP contribution in [0.1, 0.15) is 47.7 Å². The van der Waals surface area contributed by atoms with Crippen molar-refractivity contribution < 1.29 is 14.6 Å². The molecule has 1 aromatic heterocycles. The van der Waals surface area contributed by atoms with E-state index >= 15 is 0 Å². The van der Waals surface area contributed by atoms with Crippen molar-refractivity contribution in [1.29, 1.82) is 0 Å². The lowest BCUT2D eigenvalue weighted by atomic mass is 9.80. The monoisotopic (exact) mass is 268 g/mol. The van der Waals surface area contributed by atoms with Gasteiger partial charge in [0.15, 0.2) is 0 Å². The first-order valence-corrected chi connectivity index (χ1v) is 7.31. The third-order valence-electron chi connectivity index (χ3n) is 3.88. The Morgan fingerprint density at radius 3 is 2.78 bits per heavy atom. The Kier molecular flexibility index (Phi) is 4.40. The van der Waals surface area contributed by atoms with Crippen LogP contribution in [0.4, 0.5) is 0 Å². The Labute approximate surface area is 112 Å². The number of rotatable bonds is 4. The molecule has 0 amide bonds. The van der Waals surface area contributed by atoms with Crippen molar-refractivity contribution in [2.45, 2.75) is 45.8 Å². The van der Waals surface area contributed by atoms with Crippen LogP contribution < -0.4 is 0 Å². The largest absolute Gasteiger partial charge is 0.477 e. The molecule has 1 aliphatic rings. The van der Waals surface area contributed by atoms with Crippen LogP contribution in [0.2, 0.25) is 0 Å². The predicted octanol–water partition coefficient (Wildman–Crippen LogP) is 3.79. The van der Waals surface area contributed by atoms with Crippen molar-refractivity contribution in [3.63, 3.8) is 0 Å². The molecule has 3 unspecified atom stereocenters. The van der Waals surface area contributed by atoms with E-state index in [2.05, 4.69) is 13.8 Å². The van der Waals surface area contributed by atoms with Crippen molar-refractivity contribution >= 4 is 17.3 Å². The van der Waals surface area contributed by atoms with E-state index in [-0.39, 0.29) is 0 Å². The fraction of sp³-hybridized carbons (Fsp3) is 0.643. The number of thiophene rings is 1. The van der Waals surface area contributed by atoms with Gasteiger partial charge in [0.25, 0.3) is 0 Å². The summed E-state index contributed by atoms with van der Waals surface area (Å²) < 4.78 is 5.90. The molecule has 4 heteroatoms. The molecular formula is C14H20O3S. The first kappa shape index (κ1) is 13.6. The smallest absolute Gasteiger partial charge is 0.345 e. The summed E-state index contributed by atoms with van der Waals surface area (Å²) in [5, 5.41) is 8.85. The van der Waals surface area contributed by atoms with Gasteiger partial charge in [-0.2, -0.15) is 0 Å². The van der Waals surface area contributed by atoms with E-state index in [1.165, 1.54) is 17.8 Å². The Morgan fingerprint density at radius 1 is 1.39 bits per heavy atom. The van der Waals surface area contributed by atoms with Gasteiger partial charge in [0.2, 0.25) is 0 Å². The molecule has 1 N–H and O–H groups in total. The Balaban J connectivity index is 1.82. The first-order valence-electron chi connectivity index (χ1n) is 6.50. The molecule has 2 rings (SSSR count). The minimum Gasteiger partial charge on any atom is -0.477 e. The van der Waals surface area contributed by atoms with E-state index < -0.39 is 5.97 Å². The molecule has 0 aromatic carbocycles. The SMILES string of the molecule is CC1CCC(OCc2ccc(C(=O)O)s2)CC1C. The van der Waals surface area contributed by atoms with Crippen LogP contribution in [0.15, 0.2) is 12.1 Å².